The Bertz CT molecular complexity index is 1050. The van der Waals surface area contributed by atoms with Gasteiger partial charge in [0.1, 0.15) is 11.9 Å². The van der Waals surface area contributed by atoms with Gasteiger partial charge in [-0.05, 0) is 51.1 Å². The summed E-state index contributed by atoms with van der Waals surface area (Å²) in [5.41, 5.74) is 8.10. The minimum atomic E-state index is -0.648. The number of ether oxygens (including phenoxy) is 1. The van der Waals surface area contributed by atoms with Crippen molar-refractivity contribution < 1.29 is 9.13 Å². The Morgan fingerprint density at radius 3 is 2.80 bits per heavy atom. The number of halogens is 3. The fourth-order valence-electron chi connectivity index (χ4n) is 3.71. The summed E-state index contributed by atoms with van der Waals surface area (Å²) >= 11 is 12.4. The van der Waals surface area contributed by atoms with Crippen LogP contribution >= 0.6 is 23.2 Å². The van der Waals surface area contributed by atoms with Gasteiger partial charge < -0.3 is 15.8 Å². The van der Waals surface area contributed by atoms with E-state index in [2.05, 4.69) is 15.4 Å². The van der Waals surface area contributed by atoms with E-state index in [-0.39, 0.29) is 10.8 Å². The molecule has 0 radical (unpaired) electrons. The van der Waals surface area contributed by atoms with Gasteiger partial charge in [0.15, 0.2) is 11.6 Å². The molecule has 3 aromatic rings. The van der Waals surface area contributed by atoms with Crippen LogP contribution < -0.4 is 15.8 Å². The third-order valence-electron chi connectivity index (χ3n) is 5.31. The third kappa shape index (κ3) is 4.10. The number of nitrogens with two attached hydrogens (primary N) is 1. The number of hydrogen-bond acceptors (Lipinski definition) is 5. The van der Waals surface area contributed by atoms with Crippen molar-refractivity contribution in [2.75, 3.05) is 18.8 Å². The van der Waals surface area contributed by atoms with Gasteiger partial charge in [-0.25, -0.2) is 9.37 Å². The molecule has 3 heterocycles. The van der Waals surface area contributed by atoms with Crippen molar-refractivity contribution in [1.82, 2.24) is 20.1 Å². The van der Waals surface area contributed by atoms with Gasteiger partial charge in [0.05, 0.1) is 17.3 Å². The molecule has 0 saturated carbocycles. The van der Waals surface area contributed by atoms with Gasteiger partial charge in [-0.2, -0.15) is 5.10 Å². The fraction of sp³-hybridized carbons (Fsp3) is 0.333. The molecule has 30 heavy (non-hydrogen) atoms. The minimum Gasteiger partial charge on any atom is -0.481 e. The summed E-state index contributed by atoms with van der Waals surface area (Å²) in [6, 6.07) is 4.85. The first-order valence-corrected chi connectivity index (χ1v) is 10.5. The first kappa shape index (κ1) is 20.9. The van der Waals surface area contributed by atoms with Crippen molar-refractivity contribution in [2.24, 2.45) is 0 Å². The molecule has 0 amide bonds. The molecule has 1 saturated heterocycles. The maximum atomic E-state index is 14.0. The van der Waals surface area contributed by atoms with E-state index in [1.807, 2.05) is 16.9 Å². The van der Waals surface area contributed by atoms with Gasteiger partial charge in [0.2, 0.25) is 0 Å². The predicted octanol–water partition coefficient (Wildman–Crippen LogP) is 5.04. The molecule has 4 rings (SSSR count). The molecule has 1 aliphatic heterocycles. The predicted molar refractivity (Wildman–Crippen MR) is 116 cm³/mol. The van der Waals surface area contributed by atoms with E-state index in [0.29, 0.717) is 22.4 Å². The van der Waals surface area contributed by atoms with E-state index < -0.39 is 11.9 Å². The van der Waals surface area contributed by atoms with Crippen LogP contribution in [-0.4, -0.2) is 27.9 Å². The quantitative estimate of drug-likeness (QED) is 0.533. The van der Waals surface area contributed by atoms with Crippen molar-refractivity contribution in [2.45, 2.75) is 31.9 Å². The van der Waals surface area contributed by atoms with Gasteiger partial charge in [-0.3, -0.25) is 4.68 Å². The second-order valence-corrected chi connectivity index (χ2v) is 8.07. The molecule has 0 unspecified atom stereocenters. The fourth-order valence-corrected chi connectivity index (χ4v) is 4.39. The molecule has 2 aromatic heterocycles. The Kier molecular flexibility index (Phi) is 6.13. The number of piperidine rings is 1. The topological polar surface area (TPSA) is 78.0 Å². The van der Waals surface area contributed by atoms with Gasteiger partial charge in [-0.15, -0.1) is 0 Å². The van der Waals surface area contributed by atoms with Crippen LogP contribution in [0.25, 0.3) is 11.1 Å². The SMILES string of the molecule is C[C@@H](Oc1c(-c2cnn(C3CCNCC3)c2)ccnc1N)c1c(Cl)ccc(F)c1Cl. The molecule has 158 valence electrons. The molecule has 1 aromatic carbocycles. The minimum absolute atomic E-state index is 0.0715. The zero-order chi connectivity index (χ0) is 21.3. The van der Waals surface area contributed by atoms with Crippen molar-refractivity contribution >= 4 is 29.0 Å². The van der Waals surface area contributed by atoms with E-state index >= 15 is 0 Å². The molecule has 0 spiro atoms. The standard InChI is InChI=1S/C21H22Cl2FN5O/c1-12(18-16(22)2-3-17(24)19(18)23)30-20-15(6-9-27-21(20)25)13-10-28-29(11-13)14-4-7-26-8-5-14/h2-3,6,9-12,14,26H,4-5,7-8H2,1H3,(H2,25,27)/t12-/m1/s1. The molecule has 0 bridgehead atoms. The molecule has 1 atom stereocenters. The second-order valence-electron chi connectivity index (χ2n) is 7.28. The summed E-state index contributed by atoms with van der Waals surface area (Å²) in [5.74, 6) is 0.0398. The summed E-state index contributed by atoms with van der Waals surface area (Å²) < 4.78 is 22.1. The summed E-state index contributed by atoms with van der Waals surface area (Å²) in [6.45, 7) is 3.69. The van der Waals surface area contributed by atoms with E-state index in [1.165, 1.54) is 12.1 Å². The Morgan fingerprint density at radius 1 is 1.27 bits per heavy atom. The van der Waals surface area contributed by atoms with Crippen molar-refractivity contribution in [3.63, 3.8) is 0 Å². The highest BCUT2D eigenvalue weighted by molar-refractivity contribution is 6.36. The van der Waals surface area contributed by atoms with Crippen LogP contribution in [-0.2, 0) is 0 Å². The average Bonchev–Trinajstić information content (AvgIpc) is 3.23. The van der Waals surface area contributed by atoms with Gasteiger partial charge in [0.25, 0.3) is 0 Å². The van der Waals surface area contributed by atoms with Crippen LogP contribution in [0.3, 0.4) is 0 Å². The van der Waals surface area contributed by atoms with Crippen molar-refractivity contribution in [3.05, 3.63) is 58.2 Å². The molecule has 1 fully saturated rings. The lowest BCUT2D eigenvalue weighted by Gasteiger charge is -2.23. The van der Waals surface area contributed by atoms with Gasteiger partial charge in [0, 0.05) is 34.1 Å². The summed E-state index contributed by atoms with van der Waals surface area (Å²) in [7, 11) is 0. The summed E-state index contributed by atoms with van der Waals surface area (Å²) in [5, 5.41) is 8.14. The van der Waals surface area contributed by atoms with E-state index in [4.69, 9.17) is 33.7 Å². The molecule has 6 nitrogen and oxygen atoms in total. The number of nitrogen functional groups attached to an aromatic ring is 1. The zero-order valence-electron chi connectivity index (χ0n) is 16.4. The number of anilines is 1. The average molecular weight is 450 g/mol. The van der Waals surface area contributed by atoms with Crippen LogP contribution in [0.15, 0.2) is 36.8 Å². The van der Waals surface area contributed by atoms with Crippen LogP contribution in [0.2, 0.25) is 10.0 Å². The maximum Gasteiger partial charge on any atom is 0.170 e. The van der Waals surface area contributed by atoms with E-state index in [0.717, 1.165) is 37.1 Å². The molecule has 0 aliphatic carbocycles. The Hall–Kier alpha value is -2.35. The third-order valence-corrected chi connectivity index (χ3v) is 6.02. The molecular formula is C21H22Cl2FN5O. The number of nitrogens with one attached hydrogen (secondary N) is 1. The van der Waals surface area contributed by atoms with E-state index in [1.54, 1.807) is 19.3 Å². The summed E-state index contributed by atoms with van der Waals surface area (Å²) in [4.78, 5) is 4.15. The number of rotatable bonds is 5. The molecule has 1 aliphatic rings. The Labute approximate surface area is 184 Å². The monoisotopic (exact) mass is 449 g/mol. The maximum absolute atomic E-state index is 14.0. The largest absolute Gasteiger partial charge is 0.481 e. The second kappa shape index (κ2) is 8.79. The highest BCUT2D eigenvalue weighted by Crippen LogP contribution is 2.40. The lowest BCUT2D eigenvalue weighted by Crippen LogP contribution is -2.29. The molecule has 9 heteroatoms. The highest BCUT2D eigenvalue weighted by atomic mass is 35.5. The molecular weight excluding hydrogens is 428 g/mol. The Balaban J connectivity index is 1.66. The Morgan fingerprint density at radius 2 is 2.03 bits per heavy atom. The first-order valence-electron chi connectivity index (χ1n) is 9.75. The van der Waals surface area contributed by atoms with Crippen LogP contribution in [0.1, 0.15) is 37.5 Å². The van der Waals surface area contributed by atoms with Crippen molar-refractivity contribution in [1.29, 1.82) is 0 Å². The van der Waals surface area contributed by atoms with Crippen LogP contribution in [0, 0.1) is 5.82 Å². The van der Waals surface area contributed by atoms with Crippen molar-refractivity contribution in [3.8, 4) is 16.9 Å². The van der Waals surface area contributed by atoms with Gasteiger partial charge >= 0.3 is 0 Å². The zero-order valence-corrected chi connectivity index (χ0v) is 17.9. The lowest BCUT2D eigenvalue weighted by atomic mass is 10.1. The lowest BCUT2D eigenvalue weighted by molar-refractivity contribution is 0.228. The highest BCUT2D eigenvalue weighted by Gasteiger charge is 2.23. The van der Waals surface area contributed by atoms with Gasteiger partial charge in [-0.1, -0.05) is 23.2 Å². The number of hydrogen-bond donors (Lipinski definition) is 2. The normalized spacial score (nSPS) is 15.9. The summed E-state index contributed by atoms with van der Waals surface area (Å²) in [6.07, 6.45) is 6.80. The number of benzene rings is 1. The van der Waals surface area contributed by atoms with Crippen LogP contribution in [0.5, 0.6) is 5.75 Å². The first-order chi connectivity index (χ1) is 14.5. The number of aromatic nitrogens is 3. The van der Waals surface area contributed by atoms with Crippen LogP contribution in [0.4, 0.5) is 10.2 Å². The van der Waals surface area contributed by atoms with E-state index in [9.17, 15) is 4.39 Å². The molecule has 3 N–H and O–H groups in total. The number of pyridine rings is 1. The number of nitrogens with zero attached hydrogens (tertiary/aromatic N) is 3. The smallest absolute Gasteiger partial charge is 0.170 e.